The first-order valence-electron chi connectivity index (χ1n) is 3.47. The summed E-state index contributed by atoms with van der Waals surface area (Å²) in [6.07, 6.45) is 0. The summed E-state index contributed by atoms with van der Waals surface area (Å²) in [7, 11) is -3.32. The fourth-order valence-corrected chi connectivity index (χ4v) is 2.45. The Morgan fingerprint density at radius 3 is 2.33 bits per heavy atom. The predicted molar refractivity (Wildman–Crippen MR) is 49.4 cm³/mol. The van der Waals surface area contributed by atoms with Crippen LogP contribution < -0.4 is 0 Å². The van der Waals surface area contributed by atoms with Gasteiger partial charge in [-0.1, -0.05) is 6.58 Å². The van der Waals surface area contributed by atoms with Crippen LogP contribution in [0.2, 0.25) is 0 Å². The molecule has 0 spiro atoms. The highest BCUT2D eigenvalue weighted by molar-refractivity contribution is 9.13. The normalized spacial score (nSPS) is 20.8. The lowest BCUT2D eigenvalue weighted by Crippen LogP contribution is -2.40. The minimum Gasteiger partial charge on any atom is -0.379 e. The van der Waals surface area contributed by atoms with E-state index in [4.69, 9.17) is 4.74 Å². The second-order valence-corrected chi connectivity index (χ2v) is 5.81. The summed E-state index contributed by atoms with van der Waals surface area (Å²) in [5, 5.41) is 0. The number of ether oxygens (including phenoxy) is 1. The van der Waals surface area contributed by atoms with E-state index in [9.17, 15) is 8.42 Å². The Morgan fingerprint density at radius 2 is 1.92 bits per heavy atom. The molecule has 1 aliphatic heterocycles. The monoisotopic (exact) mass is 255 g/mol. The standard InChI is InChI=1S/C6H10BrNO3S/c1-6(7)12(9,10)8-2-4-11-5-3-8/h1-5H2. The first-order chi connectivity index (χ1) is 5.55. The molecule has 6 heteroatoms. The molecule has 0 radical (unpaired) electrons. The highest BCUT2D eigenvalue weighted by Gasteiger charge is 2.25. The molecule has 1 heterocycles. The number of rotatable bonds is 2. The molecular weight excluding hydrogens is 246 g/mol. The van der Waals surface area contributed by atoms with Gasteiger partial charge in [0.1, 0.15) is 3.81 Å². The van der Waals surface area contributed by atoms with Crippen molar-refractivity contribution in [3.63, 3.8) is 0 Å². The van der Waals surface area contributed by atoms with Gasteiger partial charge in [-0.15, -0.1) is 0 Å². The van der Waals surface area contributed by atoms with Gasteiger partial charge in [0, 0.05) is 13.1 Å². The van der Waals surface area contributed by atoms with E-state index >= 15 is 0 Å². The van der Waals surface area contributed by atoms with Crippen molar-refractivity contribution >= 4 is 26.0 Å². The van der Waals surface area contributed by atoms with Crippen LogP contribution in [0.3, 0.4) is 0 Å². The number of halogens is 1. The molecule has 0 aromatic rings. The third-order valence-corrected chi connectivity index (χ3v) is 4.42. The van der Waals surface area contributed by atoms with Crippen molar-refractivity contribution in [2.45, 2.75) is 0 Å². The maximum Gasteiger partial charge on any atom is 0.249 e. The molecule has 1 saturated heterocycles. The molecule has 0 bridgehead atoms. The number of morpholine rings is 1. The van der Waals surface area contributed by atoms with Gasteiger partial charge in [-0.05, 0) is 15.9 Å². The summed E-state index contributed by atoms with van der Waals surface area (Å²) in [5.74, 6) is 0. The molecule has 0 atom stereocenters. The van der Waals surface area contributed by atoms with E-state index in [1.807, 2.05) is 0 Å². The Balaban J connectivity index is 2.74. The molecule has 12 heavy (non-hydrogen) atoms. The summed E-state index contributed by atoms with van der Waals surface area (Å²) < 4.78 is 29.2. The van der Waals surface area contributed by atoms with Crippen molar-refractivity contribution in [2.24, 2.45) is 0 Å². The molecule has 0 aromatic carbocycles. The number of nitrogens with zero attached hydrogens (tertiary/aromatic N) is 1. The summed E-state index contributed by atoms with van der Waals surface area (Å²) in [5.41, 5.74) is 0. The van der Waals surface area contributed by atoms with Crippen molar-refractivity contribution in [3.05, 3.63) is 10.4 Å². The second kappa shape index (κ2) is 3.87. The van der Waals surface area contributed by atoms with Crippen LogP contribution >= 0.6 is 15.9 Å². The number of hydrogen-bond donors (Lipinski definition) is 0. The van der Waals surface area contributed by atoms with Gasteiger partial charge in [0.2, 0.25) is 10.0 Å². The molecule has 1 aliphatic rings. The average Bonchev–Trinajstić information content (AvgIpc) is 2.06. The Kier molecular flexibility index (Phi) is 3.28. The summed E-state index contributed by atoms with van der Waals surface area (Å²) in [6, 6.07) is 0. The molecule has 1 rings (SSSR count). The highest BCUT2D eigenvalue weighted by Crippen LogP contribution is 2.17. The quantitative estimate of drug-likeness (QED) is 0.723. The van der Waals surface area contributed by atoms with Crippen LogP contribution in [-0.2, 0) is 14.8 Å². The van der Waals surface area contributed by atoms with E-state index in [0.717, 1.165) is 0 Å². The minimum atomic E-state index is -3.32. The molecule has 70 valence electrons. The lowest BCUT2D eigenvalue weighted by molar-refractivity contribution is 0.0735. The van der Waals surface area contributed by atoms with Gasteiger partial charge in [-0.25, -0.2) is 8.42 Å². The summed E-state index contributed by atoms with van der Waals surface area (Å²) >= 11 is 2.87. The molecule has 1 fully saturated rings. The van der Waals surface area contributed by atoms with Gasteiger partial charge in [-0.3, -0.25) is 0 Å². The average molecular weight is 256 g/mol. The van der Waals surface area contributed by atoms with E-state index in [1.54, 1.807) is 0 Å². The lowest BCUT2D eigenvalue weighted by atomic mass is 10.5. The van der Waals surface area contributed by atoms with Gasteiger partial charge in [0.25, 0.3) is 0 Å². The summed E-state index contributed by atoms with van der Waals surface area (Å²) in [4.78, 5) is 0. The molecule has 0 amide bonds. The first-order valence-corrected chi connectivity index (χ1v) is 5.71. The van der Waals surface area contributed by atoms with E-state index in [1.165, 1.54) is 4.31 Å². The molecule has 0 aromatic heterocycles. The van der Waals surface area contributed by atoms with Crippen LogP contribution in [-0.4, -0.2) is 39.0 Å². The molecular formula is C6H10BrNO3S. The fourth-order valence-electron chi connectivity index (χ4n) is 0.927. The van der Waals surface area contributed by atoms with E-state index in [0.29, 0.717) is 26.3 Å². The zero-order valence-electron chi connectivity index (χ0n) is 6.49. The van der Waals surface area contributed by atoms with Crippen LogP contribution in [0.5, 0.6) is 0 Å². The van der Waals surface area contributed by atoms with Crippen molar-refractivity contribution in [3.8, 4) is 0 Å². The Labute approximate surface area is 80.4 Å². The van der Waals surface area contributed by atoms with E-state index in [-0.39, 0.29) is 3.81 Å². The van der Waals surface area contributed by atoms with Crippen LogP contribution in [0, 0.1) is 0 Å². The lowest BCUT2D eigenvalue weighted by Gasteiger charge is -2.25. The topological polar surface area (TPSA) is 46.6 Å². The van der Waals surface area contributed by atoms with E-state index in [2.05, 4.69) is 22.5 Å². The first kappa shape index (κ1) is 10.2. The molecule has 0 N–H and O–H groups in total. The molecule has 0 saturated carbocycles. The largest absolute Gasteiger partial charge is 0.379 e. The fraction of sp³-hybridized carbons (Fsp3) is 0.667. The maximum atomic E-state index is 11.4. The Hall–Kier alpha value is 0.0900. The number of sulfonamides is 1. The highest BCUT2D eigenvalue weighted by atomic mass is 79.9. The molecule has 0 aliphatic carbocycles. The van der Waals surface area contributed by atoms with Crippen LogP contribution in [0.15, 0.2) is 10.4 Å². The Bertz CT molecular complexity index is 269. The van der Waals surface area contributed by atoms with Gasteiger partial charge in [0.15, 0.2) is 0 Å². The molecule has 4 nitrogen and oxygen atoms in total. The van der Waals surface area contributed by atoms with Gasteiger partial charge in [0.05, 0.1) is 13.2 Å². The minimum absolute atomic E-state index is 0.0110. The SMILES string of the molecule is C=C(Br)S(=O)(=O)N1CCOCC1. The number of hydrogen-bond acceptors (Lipinski definition) is 3. The smallest absolute Gasteiger partial charge is 0.249 e. The van der Waals surface area contributed by atoms with Crippen LogP contribution in [0.1, 0.15) is 0 Å². The zero-order chi connectivity index (χ0) is 9.19. The van der Waals surface area contributed by atoms with Gasteiger partial charge < -0.3 is 4.74 Å². The third kappa shape index (κ3) is 2.07. The van der Waals surface area contributed by atoms with Gasteiger partial charge >= 0.3 is 0 Å². The van der Waals surface area contributed by atoms with Crippen molar-refractivity contribution in [1.29, 1.82) is 0 Å². The summed E-state index contributed by atoms with van der Waals surface area (Å²) in [6.45, 7) is 5.08. The van der Waals surface area contributed by atoms with Gasteiger partial charge in [-0.2, -0.15) is 4.31 Å². The van der Waals surface area contributed by atoms with Crippen molar-refractivity contribution < 1.29 is 13.2 Å². The van der Waals surface area contributed by atoms with Crippen molar-refractivity contribution in [1.82, 2.24) is 4.31 Å². The predicted octanol–water partition coefficient (Wildman–Crippen LogP) is 0.515. The maximum absolute atomic E-state index is 11.4. The second-order valence-electron chi connectivity index (χ2n) is 2.37. The van der Waals surface area contributed by atoms with Crippen molar-refractivity contribution in [2.75, 3.05) is 26.3 Å². The Morgan fingerprint density at radius 1 is 1.42 bits per heavy atom. The third-order valence-electron chi connectivity index (χ3n) is 1.59. The zero-order valence-corrected chi connectivity index (χ0v) is 8.90. The van der Waals surface area contributed by atoms with E-state index < -0.39 is 10.0 Å². The molecule has 0 unspecified atom stereocenters. The van der Waals surface area contributed by atoms with Crippen LogP contribution in [0.4, 0.5) is 0 Å². The van der Waals surface area contributed by atoms with Crippen LogP contribution in [0.25, 0.3) is 0 Å².